The van der Waals surface area contributed by atoms with Crippen molar-refractivity contribution in [3.8, 4) is 0 Å². The number of unbranched alkanes of at least 4 members (excludes halogenated alkanes) is 11. The van der Waals surface area contributed by atoms with E-state index in [-0.39, 0.29) is 12.4 Å². The molecule has 1 rings (SSSR count). The molecule has 3 heteroatoms. The maximum absolute atomic E-state index is 10.2. The van der Waals surface area contributed by atoms with E-state index in [9.17, 15) is 5.11 Å². The molecule has 0 bridgehead atoms. The monoisotopic (exact) mass is 379 g/mol. The van der Waals surface area contributed by atoms with Gasteiger partial charge in [0.15, 0.2) is 12.4 Å². The van der Waals surface area contributed by atoms with Crippen LogP contribution in [-0.4, -0.2) is 41.3 Å². The predicted molar refractivity (Wildman–Crippen MR) is 119 cm³/mol. The molecule has 0 radical (unpaired) electrons. The van der Waals surface area contributed by atoms with Gasteiger partial charge in [-0.1, -0.05) is 70.4 Å². The lowest BCUT2D eigenvalue weighted by Crippen LogP contribution is -2.57. The Hall–Kier alpha value is -0.670. The molecule has 0 fully saturated rings. The standard InChI is InChI=1S/C24H47N2O/c1-4-6-7-8-9-10-11-12-13-14-15-16-17-18-19-20-24-25-21-22-26(24,5-2)23(3)27/h15-16,21,23-24,27H,4-14,17-20,22H2,1-3H3/q+1/b16-15+. The van der Waals surface area contributed by atoms with Gasteiger partial charge in [-0.15, -0.1) is 0 Å². The molecule has 0 spiro atoms. The molecule has 1 heterocycles. The van der Waals surface area contributed by atoms with Crippen LogP contribution in [0.15, 0.2) is 17.1 Å². The fourth-order valence-corrected chi connectivity index (χ4v) is 4.31. The van der Waals surface area contributed by atoms with Gasteiger partial charge in [-0.3, -0.25) is 4.48 Å². The summed E-state index contributed by atoms with van der Waals surface area (Å²) < 4.78 is 0.731. The van der Waals surface area contributed by atoms with E-state index in [0.717, 1.165) is 24.0 Å². The molecule has 0 aliphatic carbocycles. The summed E-state index contributed by atoms with van der Waals surface area (Å²) in [5.41, 5.74) is 0. The highest BCUT2D eigenvalue weighted by Gasteiger charge is 2.41. The zero-order valence-corrected chi connectivity index (χ0v) is 18.5. The van der Waals surface area contributed by atoms with Crippen LogP contribution in [-0.2, 0) is 0 Å². The van der Waals surface area contributed by atoms with Crippen LogP contribution in [0.5, 0.6) is 0 Å². The van der Waals surface area contributed by atoms with Crippen LogP contribution in [0.4, 0.5) is 0 Å². The van der Waals surface area contributed by atoms with Gasteiger partial charge in [-0.05, 0) is 39.0 Å². The molecule has 1 aliphatic rings. The molecule has 3 nitrogen and oxygen atoms in total. The molecule has 0 amide bonds. The lowest BCUT2D eigenvalue weighted by molar-refractivity contribution is -0.976. The summed E-state index contributed by atoms with van der Waals surface area (Å²) in [4.78, 5) is 4.65. The summed E-state index contributed by atoms with van der Waals surface area (Å²) >= 11 is 0. The minimum absolute atomic E-state index is 0.265. The van der Waals surface area contributed by atoms with Gasteiger partial charge in [0.2, 0.25) is 0 Å². The fourth-order valence-electron chi connectivity index (χ4n) is 4.31. The summed E-state index contributed by atoms with van der Waals surface area (Å²) in [7, 11) is 0. The van der Waals surface area contributed by atoms with Crippen LogP contribution in [0.25, 0.3) is 0 Å². The largest absolute Gasteiger partial charge is 0.345 e. The maximum Gasteiger partial charge on any atom is 0.189 e. The van der Waals surface area contributed by atoms with Crippen molar-refractivity contribution >= 4 is 6.21 Å². The molecule has 0 aromatic heterocycles. The van der Waals surface area contributed by atoms with Crippen LogP contribution in [0.3, 0.4) is 0 Å². The van der Waals surface area contributed by atoms with E-state index in [1.807, 2.05) is 13.1 Å². The van der Waals surface area contributed by atoms with Crippen LogP contribution in [0, 0.1) is 0 Å². The Morgan fingerprint density at radius 1 is 0.926 bits per heavy atom. The number of rotatable bonds is 17. The number of aliphatic hydroxyl groups excluding tert-OH is 1. The summed E-state index contributed by atoms with van der Waals surface area (Å²) in [5, 5.41) is 10.2. The molecular weight excluding hydrogens is 332 g/mol. The Morgan fingerprint density at radius 2 is 1.48 bits per heavy atom. The molecule has 1 aliphatic heterocycles. The first kappa shape index (κ1) is 24.4. The third kappa shape index (κ3) is 9.38. The van der Waals surface area contributed by atoms with Crippen LogP contribution in [0.1, 0.15) is 111 Å². The number of nitrogens with zero attached hydrogens (tertiary/aromatic N) is 2. The molecule has 3 atom stereocenters. The van der Waals surface area contributed by atoms with Gasteiger partial charge in [-0.25, -0.2) is 4.99 Å². The summed E-state index contributed by atoms with van der Waals surface area (Å²) in [5.74, 6) is 0. The van der Waals surface area contributed by atoms with Gasteiger partial charge in [0.05, 0.1) is 12.8 Å². The van der Waals surface area contributed by atoms with Gasteiger partial charge in [0.25, 0.3) is 0 Å². The highest BCUT2D eigenvalue weighted by Crippen LogP contribution is 2.26. The Kier molecular flexibility index (Phi) is 13.8. The maximum atomic E-state index is 10.2. The van der Waals surface area contributed by atoms with E-state index >= 15 is 0 Å². The van der Waals surface area contributed by atoms with Crippen LogP contribution in [0.2, 0.25) is 0 Å². The minimum atomic E-state index is -0.321. The van der Waals surface area contributed by atoms with E-state index in [4.69, 9.17) is 0 Å². The smallest absolute Gasteiger partial charge is 0.189 e. The van der Waals surface area contributed by atoms with Crippen molar-refractivity contribution in [1.82, 2.24) is 0 Å². The zero-order valence-electron chi connectivity index (χ0n) is 18.5. The van der Waals surface area contributed by atoms with Crippen molar-refractivity contribution in [1.29, 1.82) is 0 Å². The van der Waals surface area contributed by atoms with E-state index in [2.05, 4.69) is 31.0 Å². The quantitative estimate of drug-likeness (QED) is 0.172. The lowest BCUT2D eigenvalue weighted by atomic mass is 10.1. The Labute approximate surface area is 169 Å². The van der Waals surface area contributed by atoms with Gasteiger partial charge in [0.1, 0.15) is 6.54 Å². The average Bonchev–Trinajstić information content (AvgIpc) is 3.09. The van der Waals surface area contributed by atoms with Crippen molar-refractivity contribution in [2.24, 2.45) is 4.99 Å². The molecule has 0 saturated heterocycles. The third-order valence-corrected chi connectivity index (χ3v) is 6.35. The number of hydrogen-bond acceptors (Lipinski definition) is 2. The zero-order chi connectivity index (χ0) is 19.8. The Balaban J connectivity index is 1.96. The van der Waals surface area contributed by atoms with E-state index < -0.39 is 0 Å². The van der Waals surface area contributed by atoms with Gasteiger partial charge in [0, 0.05) is 13.3 Å². The van der Waals surface area contributed by atoms with Gasteiger partial charge < -0.3 is 5.11 Å². The summed E-state index contributed by atoms with van der Waals surface area (Å²) in [6.07, 6.45) is 25.4. The SMILES string of the molecule is CCCCCCCCCCC/C=C/CCCCC1N=CC[N+]1(CC)C(C)O. The molecule has 158 valence electrons. The number of quaternary nitrogens is 1. The highest BCUT2D eigenvalue weighted by atomic mass is 16.3. The Bertz CT molecular complexity index is 405. The number of allylic oxidation sites excluding steroid dienone is 2. The lowest BCUT2D eigenvalue weighted by Gasteiger charge is -2.40. The van der Waals surface area contributed by atoms with Crippen molar-refractivity contribution in [2.75, 3.05) is 13.1 Å². The summed E-state index contributed by atoms with van der Waals surface area (Å²) in [6.45, 7) is 8.22. The molecular formula is C24H47N2O+. The Morgan fingerprint density at radius 3 is 2.04 bits per heavy atom. The molecule has 3 unspecified atom stereocenters. The number of aliphatic imine (C=N–C) groups is 1. The van der Waals surface area contributed by atoms with Gasteiger partial charge >= 0.3 is 0 Å². The average molecular weight is 380 g/mol. The first-order valence-corrected chi connectivity index (χ1v) is 11.9. The fraction of sp³-hybridized carbons (Fsp3) is 0.875. The molecule has 0 saturated carbocycles. The molecule has 27 heavy (non-hydrogen) atoms. The number of hydrogen-bond donors (Lipinski definition) is 1. The van der Waals surface area contributed by atoms with Crippen LogP contribution >= 0.6 is 0 Å². The molecule has 0 aromatic carbocycles. The first-order valence-electron chi connectivity index (χ1n) is 11.9. The molecule has 0 aromatic rings. The second-order valence-electron chi connectivity index (χ2n) is 8.42. The third-order valence-electron chi connectivity index (χ3n) is 6.35. The number of aliphatic hydroxyl groups is 1. The minimum Gasteiger partial charge on any atom is -0.345 e. The second kappa shape index (κ2) is 15.3. The topological polar surface area (TPSA) is 32.6 Å². The summed E-state index contributed by atoms with van der Waals surface area (Å²) in [6, 6.07) is 0. The van der Waals surface area contributed by atoms with Crippen molar-refractivity contribution in [3.63, 3.8) is 0 Å². The highest BCUT2D eigenvalue weighted by molar-refractivity contribution is 5.60. The van der Waals surface area contributed by atoms with Crippen molar-refractivity contribution in [3.05, 3.63) is 12.2 Å². The normalized spacial score (nSPS) is 23.5. The first-order chi connectivity index (χ1) is 13.2. The van der Waals surface area contributed by atoms with E-state index in [1.54, 1.807) is 0 Å². The van der Waals surface area contributed by atoms with E-state index in [0.29, 0.717) is 0 Å². The van der Waals surface area contributed by atoms with Crippen molar-refractivity contribution < 1.29 is 9.59 Å². The van der Waals surface area contributed by atoms with Gasteiger partial charge in [-0.2, -0.15) is 0 Å². The van der Waals surface area contributed by atoms with E-state index in [1.165, 1.54) is 83.5 Å². The second-order valence-corrected chi connectivity index (χ2v) is 8.42. The van der Waals surface area contributed by atoms with Crippen molar-refractivity contribution in [2.45, 2.75) is 123 Å². The predicted octanol–water partition coefficient (Wildman–Crippen LogP) is 6.61. The molecule has 1 N–H and O–H groups in total. The van der Waals surface area contributed by atoms with Crippen LogP contribution < -0.4 is 0 Å².